The van der Waals surface area contributed by atoms with Crippen molar-refractivity contribution in [3.8, 4) is 11.1 Å². The number of anilines is 1. The summed E-state index contributed by atoms with van der Waals surface area (Å²) in [5.74, 6) is -0.117. The monoisotopic (exact) mass is 462 g/mol. The molecule has 4 nitrogen and oxygen atoms in total. The average molecular weight is 463 g/mol. The zero-order valence-corrected chi connectivity index (χ0v) is 16.0. The number of benzene rings is 1. The summed E-state index contributed by atoms with van der Waals surface area (Å²) in [6, 6.07) is 15.0. The van der Waals surface area contributed by atoms with E-state index in [1.165, 1.54) is 4.43 Å². The standard InChI is InChI=1S/C19H14ClIN3O/c20-17-8-7-12(11-23-17)13-4-1-2-6-16(13)24-19(25)14-5-3-9-22-18(14)15-10-21-15/h1-9,11,15H,10H2,(H,24,25)/q-1. The van der Waals surface area contributed by atoms with E-state index < -0.39 is 0 Å². The molecule has 1 unspecified atom stereocenters. The summed E-state index contributed by atoms with van der Waals surface area (Å²) in [5.41, 5.74) is 4.17. The molecule has 0 aliphatic carbocycles. The molecule has 1 saturated heterocycles. The maximum absolute atomic E-state index is 12.8. The molecule has 3 aromatic rings. The molecule has 1 fully saturated rings. The predicted molar refractivity (Wildman–Crippen MR) is 94.5 cm³/mol. The van der Waals surface area contributed by atoms with Gasteiger partial charge in [-0.2, -0.15) is 0 Å². The van der Waals surface area contributed by atoms with Crippen molar-refractivity contribution in [3.05, 3.63) is 77.3 Å². The summed E-state index contributed by atoms with van der Waals surface area (Å²) in [7, 11) is 0. The predicted octanol–water partition coefficient (Wildman–Crippen LogP) is 1.19. The van der Waals surface area contributed by atoms with Gasteiger partial charge in [-0.3, -0.25) is 0 Å². The molecule has 0 spiro atoms. The van der Waals surface area contributed by atoms with Crippen LogP contribution in [0.25, 0.3) is 11.1 Å². The molecular formula is C19H14ClIN3O-. The minimum absolute atomic E-state index is 0.117. The Morgan fingerprint density at radius 1 is 1.12 bits per heavy atom. The van der Waals surface area contributed by atoms with Gasteiger partial charge in [-0.05, 0) is 0 Å². The topological polar surface area (TPSA) is 54.9 Å². The SMILES string of the molecule is O=C(Nc1ccccc1-c1ccc(Cl)nc1)c1cccnc1C1C[I-]1. The van der Waals surface area contributed by atoms with Crippen molar-refractivity contribution in [1.82, 2.24) is 9.97 Å². The summed E-state index contributed by atoms with van der Waals surface area (Å²) >= 11 is 6.05. The number of para-hydroxylation sites is 1. The molecule has 2 aromatic heterocycles. The molecule has 1 atom stereocenters. The molecule has 0 bridgehead atoms. The molecule has 0 radical (unpaired) electrons. The van der Waals surface area contributed by atoms with E-state index in [1.807, 2.05) is 42.5 Å². The Labute approximate surface area is 160 Å². The van der Waals surface area contributed by atoms with Gasteiger partial charge in [0.05, 0.1) is 0 Å². The second kappa shape index (κ2) is 7.09. The van der Waals surface area contributed by atoms with E-state index >= 15 is 0 Å². The van der Waals surface area contributed by atoms with Gasteiger partial charge in [0.15, 0.2) is 0 Å². The fraction of sp³-hybridized carbons (Fsp3) is 0.105. The van der Waals surface area contributed by atoms with E-state index in [0.717, 1.165) is 22.5 Å². The number of pyridine rings is 2. The van der Waals surface area contributed by atoms with Gasteiger partial charge in [-0.25, -0.2) is 0 Å². The van der Waals surface area contributed by atoms with Crippen LogP contribution in [0.15, 0.2) is 60.9 Å². The summed E-state index contributed by atoms with van der Waals surface area (Å²) in [6.07, 6.45) is 3.47. The molecule has 1 N–H and O–H groups in total. The van der Waals surface area contributed by atoms with Crippen molar-refractivity contribution in [2.75, 3.05) is 9.74 Å². The first kappa shape index (κ1) is 16.5. The van der Waals surface area contributed by atoms with E-state index in [0.29, 0.717) is 14.6 Å². The van der Waals surface area contributed by atoms with Crippen molar-refractivity contribution in [2.45, 2.75) is 3.92 Å². The van der Waals surface area contributed by atoms with Crippen LogP contribution in [-0.2, 0) is 0 Å². The number of hydrogen-bond acceptors (Lipinski definition) is 3. The third-order valence-corrected chi connectivity index (χ3v) is 6.48. The second-order valence-corrected chi connectivity index (χ2v) is 9.23. The first-order valence-corrected chi connectivity index (χ1v) is 10.9. The Balaban J connectivity index is 1.65. The quantitative estimate of drug-likeness (QED) is 0.360. The van der Waals surface area contributed by atoms with Crippen LogP contribution in [-0.4, -0.2) is 20.3 Å². The fourth-order valence-corrected chi connectivity index (χ4v) is 4.32. The zero-order chi connectivity index (χ0) is 17.2. The van der Waals surface area contributed by atoms with Gasteiger partial charge in [-0.1, -0.05) is 0 Å². The first-order chi connectivity index (χ1) is 12.2. The number of carbonyl (C=O) groups excluding carboxylic acids is 1. The Morgan fingerprint density at radius 3 is 2.72 bits per heavy atom. The summed E-state index contributed by atoms with van der Waals surface area (Å²) in [4.78, 5) is 21.4. The van der Waals surface area contributed by atoms with Crippen LogP contribution in [0.3, 0.4) is 0 Å². The van der Waals surface area contributed by atoms with Crippen molar-refractivity contribution in [1.29, 1.82) is 0 Å². The van der Waals surface area contributed by atoms with Crippen LogP contribution in [0.1, 0.15) is 20.0 Å². The van der Waals surface area contributed by atoms with Gasteiger partial charge in [0.2, 0.25) is 0 Å². The van der Waals surface area contributed by atoms with Crippen molar-refractivity contribution in [2.24, 2.45) is 0 Å². The summed E-state index contributed by atoms with van der Waals surface area (Å²) in [5, 5.41) is 3.48. The molecule has 4 rings (SSSR count). The second-order valence-electron chi connectivity index (χ2n) is 5.58. The average Bonchev–Trinajstić information content (AvgIpc) is 3.48. The van der Waals surface area contributed by atoms with Crippen molar-refractivity contribution < 1.29 is 26.0 Å². The number of alkyl halides is 2. The molecular weight excluding hydrogens is 449 g/mol. The molecule has 6 heteroatoms. The fourth-order valence-electron chi connectivity index (χ4n) is 2.62. The van der Waals surface area contributed by atoms with E-state index in [-0.39, 0.29) is 27.1 Å². The number of nitrogens with zero attached hydrogens (tertiary/aromatic N) is 2. The zero-order valence-electron chi connectivity index (χ0n) is 13.1. The van der Waals surface area contributed by atoms with Crippen LogP contribution in [0.4, 0.5) is 5.69 Å². The van der Waals surface area contributed by atoms with Gasteiger partial charge in [0, 0.05) is 0 Å². The number of rotatable bonds is 4. The van der Waals surface area contributed by atoms with Crippen LogP contribution in [0.5, 0.6) is 0 Å². The minimum atomic E-state index is -0.117. The molecule has 3 heterocycles. The van der Waals surface area contributed by atoms with Gasteiger partial charge in [0.1, 0.15) is 0 Å². The Bertz CT molecular complexity index is 926. The van der Waals surface area contributed by atoms with Crippen molar-refractivity contribution >= 4 is 23.2 Å². The molecule has 1 aliphatic heterocycles. The van der Waals surface area contributed by atoms with Gasteiger partial charge in [0.25, 0.3) is 0 Å². The van der Waals surface area contributed by atoms with Gasteiger partial charge >= 0.3 is 161 Å². The van der Waals surface area contributed by atoms with E-state index in [1.54, 1.807) is 18.5 Å². The molecule has 1 aliphatic rings. The van der Waals surface area contributed by atoms with Crippen LogP contribution in [0, 0.1) is 0 Å². The Hall–Kier alpha value is -1.99. The molecule has 25 heavy (non-hydrogen) atoms. The van der Waals surface area contributed by atoms with Crippen molar-refractivity contribution in [3.63, 3.8) is 0 Å². The molecule has 1 aromatic carbocycles. The van der Waals surface area contributed by atoms with Crippen LogP contribution < -0.4 is 26.5 Å². The van der Waals surface area contributed by atoms with Gasteiger partial charge in [-0.15, -0.1) is 0 Å². The third kappa shape index (κ3) is 3.67. The number of halogens is 2. The van der Waals surface area contributed by atoms with E-state index in [9.17, 15) is 4.79 Å². The number of aromatic nitrogens is 2. The maximum atomic E-state index is 12.8. The number of nitrogens with one attached hydrogen (secondary N) is 1. The number of carbonyl (C=O) groups is 1. The first-order valence-electron chi connectivity index (χ1n) is 7.77. The molecule has 0 saturated carbocycles. The summed E-state index contributed by atoms with van der Waals surface area (Å²) in [6.45, 7) is 0. The summed E-state index contributed by atoms with van der Waals surface area (Å²) < 4.78 is 1.74. The third-order valence-electron chi connectivity index (χ3n) is 3.90. The van der Waals surface area contributed by atoms with E-state index in [4.69, 9.17) is 11.6 Å². The normalized spacial score (nSPS) is 16.0. The van der Waals surface area contributed by atoms with Crippen LogP contribution >= 0.6 is 11.6 Å². The number of hydrogen-bond donors (Lipinski definition) is 1. The van der Waals surface area contributed by atoms with E-state index in [2.05, 4.69) is 15.3 Å². The Morgan fingerprint density at radius 2 is 1.96 bits per heavy atom. The molecule has 1 amide bonds. The van der Waals surface area contributed by atoms with Crippen LogP contribution in [0.2, 0.25) is 5.15 Å². The van der Waals surface area contributed by atoms with Gasteiger partial charge < -0.3 is 0 Å². The molecule has 126 valence electrons. The number of amides is 1. The Kier molecular flexibility index (Phi) is 4.67.